The highest BCUT2D eigenvalue weighted by atomic mass is 16.5. The maximum absolute atomic E-state index is 10.5. The predicted octanol–water partition coefficient (Wildman–Crippen LogP) is 2.64. The third-order valence-corrected chi connectivity index (χ3v) is 3.22. The summed E-state index contributed by atoms with van der Waals surface area (Å²) in [5, 5.41) is 0. The van der Waals surface area contributed by atoms with Crippen molar-refractivity contribution in [3.8, 4) is 5.75 Å². The number of benzene rings is 1. The quantitative estimate of drug-likeness (QED) is 0.576. The van der Waals surface area contributed by atoms with Gasteiger partial charge in [0.15, 0.2) is 0 Å². The summed E-state index contributed by atoms with van der Waals surface area (Å²) in [4.78, 5) is 14.5. The van der Waals surface area contributed by atoms with Crippen molar-refractivity contribution >= 4 is 6.08 Å². The average Bonchev–Trinajstić information content (AvgIpc) is 3.02. The van der Waals surface area contributed by atoms with Gasteiger partial charge in [0.05, 0.1) is 7.11 Å². The van der Waals surface area contributed by atoms with E-state index in [-0.39, 0.29) is 5.54 Å². The summed E-state index contributed by atoms with van der Waals surface area (Å²) in [7, 11) is 1.66. The van der Waals surface area contributed by atoms with Crippen LogP contribution in [0.2, 0.25) is 0 Å². The van der Waals surface area contributed by atoms with Gasteiger partial charge in [0.1, 0.15) is 11.3 Å². The molecule has 0 spiro atoms. The van der Waals surface area contributed by atoms with Gasteiger partial charge in [-0.3, -0.25) is 0 Å². The molecule has 16 heavy (non-hydrogen) atoms. The van der Waals surface area contributed by atoms with Crippen molar-refractivity contribution in [2.75, 3.05) is 7.11 Å². The Morgan fingerprint density at radius 1 is 1.31 bits per heavy atom. The predicted molar refractivity (Wildman–Crippen MR) is 61.5 cm³/mol. The molecule has 3 nitrogen and oxygen atoms in total. The maximum atomic E-state index is 10.5. The first kappa shape index (κ1) is 10.9. The van der Waals surface area contributed by atoms with E-state index in [9.17, 15) is 4.79 Å². The van der Waals surface area contributed by atoms with Gasteiger partial charge in [0, 0.05) is 5.56 Å². The van der Waals surface area contributed by atoms with E-state index in [0.29, 0.717) is 0 Å². The van der Waals surface area contributed by atoms with Crippen LogP contribution in [0.25, 0.3) is 0 Å². The van der Waals surface area contributed by atoms with Gasteiger partial charge in [-0.25, -0.2) is 4.79 Å². The molecule has 0 amide bonds. The Kier molecular flexibility index (Phi) is 2.56. The molecule has 0 aliphatic heterocycles. The summed E-state index contributed by atoms with van der Waals surface area (Å²) in [6, 6.07) is 4.08. The second-order valence-electron chi connectivity index (χ2n) is 4.34. The minimum Gasteiger partial charge on any atom is -0.496 e. The number of methoxy groups -OCH3 is 1. The van der Waals surface area contributed by atoms with Crippen LogP contribution in [0.1, 0.15) is 29.5 Å². The molecule has 1 saturated carbocycles. The van der Waals surface area contributed by atoms with Gasteiger partial charge in [-0.15, -0.1) is 0 Å². The fourth-order valence-corrected chi connectivity index (χ4v) is 2.25. The van der Waals surface area contributed by atoms with Gasteiger partial charge < -0.3 is 4.74 Å². The molecule has 0 heterocycles. The van der Waals surface area contributed by atoms with Crippen LogP contribution in [0.15, 0.2) is 17.1 Å². The fourth-order valence-electron chi connectivity index (χ4n) is 2.25. The second kappa shape index (κ2) is 3.76. The molecular weight excluding hydrogens is 202 g/mol. The molecule has 1 aromatic carbocycles. The van der Waals surface area contributed by atoms with Crippen LogP contribution in [0.4, 0.5) is 0 Å². The minimum absolute atomic E-state index is 0.358. The summed E-state index contributed by atoms with van der Waals surface area (Å²) in [5.74, 6) is 0.858. The zero-order valence-corrected chi connectivity index (χ0v) is 9.83. The van der Waals surface area contributed by atoms with E-state index in [2.05, 4.69) is 4.99 Å². The molecular formula is C13H15NO2. The van der Waals surface area contributed by atoms with Crippen molar-refractivity contribution < 1.29 is 9.53 Å². The second-order valence-corrected chi connectivity index (χ2v) is 4.34. The summed E-state index contributed by atoms with van der Waals surface area (Å²) in [5.41, 5.74) is 2.90. The van der Waals surface area contributed by atoms with Gasteiger partial charge in [0.25, 0.3) is 0 Å². The van der Waals surface area contributed by atoms with Crippen molar-refractivity contribution in [3.05, 3.63) is 28.8 Å². The van der Waals surface area contributed by atoms with Crippen molar-refractivity contribution in [3.63, 3.8) is 0 Å². The molecule has 0 atom stereocenters. The molecule has 0 bridgehead atoms. The molecule has 0 radical (unpaired) electrons. The molecule has 0 unspecified atom stereocenters. The van der Waals surface area contributed by atoms with E-state index in [1.807, 2.05) is 26.0 Å². The summed E-state index contributed by atoms with van der Waals surface area (Å²) in [6.45, 7) is 4.03. The van der Waals surface area contributed by atoms with Crippen LogP contribution in [-0.4, -0.2) is 13.2 Å². The van der Waals surface area contributed by atoms with E-state index in [1.165, 1.54) is 0 Å². The Labute approximate surface area is 95.2 Å². The van der Waals surface area contributed by atoms with Crippen molar-refractivity contribution in [2.24, 2.45) is 4.99 Å². The van der Waals surface area contributed by atoms with E-state index >= 15 is 0 Å². The standard InChI is InChI=1S/C13H15NO2/c1-9-4-5-10(2)12(16-3)11(9)13(6-7-13)14-8-15/h4-5H,6-7H2,1-3H3. The zero-order chi connectivity index (χ0) is 11.8. The fraction of sp³-hybridized carbons (Fsp3) is 0.462. The number of hydrogen-bond acceptors (Lipinski definition) is 3. The van der Waals surface area contributed by atoms with Crippen LogP contribution in [-0.2, 0) is 10.3 Å². The van der Waals surface area contributed by atoms with Gasteiger partial charge in [-0.1, -0.05) is 12.1 Å². The van der Waals surface area contributed by atoms with Crippen LogP contribution in [0.3, 0.4) is 0 Å². The average molecular weight is 217 g/mol. The lowest BCUT2D eigenvalue weighted by molar-refractivity contribution is 0.400. The first-order valence-corrected chi connectivity index (χ1v) is 5.38. The lowest BCUT2D eigenvalue weighted by Crippen LogP contribution is -2.08. The smallest absolute Gasteiger partial charge is 0.235 e. The Bertz CT molecular complexity index is 469. The molecule has 3 heteroatoms. The normalized spacial score (nSPS) is 16.4. The minimum atomic E-state index is -0.358. The number of aliphatic imine (C=N–C) groups is 1. The van der Waals surface area contributed by atoms with E-state index < -0.39 is 0 Å². The van der Waals surface area contributed by atoms with E-state index in [0.717, 1.165) is 35.3 Å². The van der Waals surface area contributed by atoms with E-state index in [1.54, 1.807) is 13.2 Å². The molecule has 84 valence electrons. The number of hydrogen-bond donors (Lipinski definition) is 0. The lowest BCUT2D eigenvalue weighted by Gasteiger charge is -2.18. The first-order valence-electron chi connectivity index (χ1n) is 5.38. The monoisotopic (exact) mass is 217 g/mol. The molecule has 1 aliphatic rings. The van der Waals surface area contributed by atoms with Gasteiger partial charge in [-0.2, -0.15) is 4.99 Å². The van der Waals surface area contributed by atoms with Gasteiger partial charge in [0.2, 0.25) is 6.08 Å². The van der Waals surface area contributed by atoms with Crippen LogP contribution < -0.4 is 4.74 Å². The highest BCUT2D eigenvalue weighted by Gasteiger charge is 2.48. The van der Waals surface area contributed by atoms with Crippen molar-refractivity contribution in [1.82, 2.24) is 0 Å². The Hall–Kier alpha value is -1.60. The highest BCUT2D eigenvalue weighted by Crippen LogP contribution is 2.54. The zero-order valence-electron chi connectivity index (χ0n) is 9.83. The number of rotatable bonds is 3. The molecule has 2 rings (SSSR count). The molecule has 1 fully saturated rings. The topological polar surface area (TPSA) is 38.7 Å². The molecule has 1 aromatic rings. The Balaban J connectivity index is 2.63. The number of nitrogens with zero attached hydrogens (tertiary/aromatic N) is 1. The number of aryl methyl sites for hydroxylation is 2. The van der Waals surface area contributed by atoms with Crippen LogP contribution in [0, 0.1) is 13.8 Å². The molecule has 0 aromatic heterocycles. The first-order chi connectivity index (χ1) is 7.64. The third-order valence-electron chi connectivity index (χ3n) is 3.22. The van der Waals surface area contributed by atoms with Gasteiger partial charge in [-0.05, 0) is 37.8 Å². The summed E-state index contributed by atoms with van der Waals surface area (Å²) >= 11 is 0. The summed E-state index contributed by atoms with van der Waals surface area (Å²) < 4.78 is 5.44. The summed E-state index contributed by atoms with van der Waals surface area (Å²) in [6.07, 6.45) is 3.50. The number of isocyanates is 1. The Morgan fingerprint density at radius 2 is 1.94 bits per heavy atom. The lowest BCUT2D eigenvalue weighted by atomic mass is 9.96. The van der Waals surface area contributed by atoms with Crippen LogP contribution in [0.5, 0.6) is 5.75 Å². The number of ether oxygens (including phenoxy) is 1. The maximum Gasteiger partial charge on any atom is 0.235 e. The van der Waals surface area contributed by atoms with Crippen LogP contribution >= 0.6 is 0 Å². The Morgan fingerprint density at radius 3 is 2.44 bits per heavy atom. The molecule has 1 aliphatic carbocycles. The van der Waals surface area contributed by atoms with Crippen molar-refractivity contribution in [1.29, 1.82) is 0 Å². The number of carbonyl (C=O) groups excluding carboxylic acids is 1. The molecule has 0 saturated heterocycles. The highest BCUT2D eigenvalue weighted by molar-refractivity contribution is 5.54. The van der Waals surface area contributed by atoms with Gasteiger partial charge >= 0.3 is 0 Å². The van der Waals surface area contributed by atoms with E-state index in [4.69, 9.17) is 4.74 Å². The third kappa shape index (κ3) is 1.54. The largest absolute Gasteiger partial charge is 0.496 e. The van der Waals surface area contributed by atoms with Crippen molar-refractivity contribution in [2.45, 2.75) is 32.2 Å². The SMILES string of the molecule is COc1c(C)ccc(C)c1C1(N=C=O)CC1. The molecule has 0 N–H and O–H groups in total.